The Balaban J connectivity index is 1.71. The number of rotatable bonds is 5. The molecule has 0 radical (unpaired) electrons. The average Bonchev–Trinajstić information content (AvgIpc) is 2.83. The van der Waals surface area contributed by atoms with Crippen molar-refractivity contribution in [1.82, 2.24) is 4.98 Å². The number of carbonyl (C=O) groups is 1. The van der Waals surface area contributed by atoms with E-state index in [4.69, 9.17) is 0 Å². The molecule has 0 aromatic carbocycles. The summed E-state index contributed by atoms with van der Waals surface area (Å²) in [5.74, 6) is 0.828. The Kier molecular flexibility index (Phi) is 4.58. The van der Waals surface area contributed by atoms with Crippen LogP contribution in [0.2, 0.25) is 0 Å². The van der Waals surface area contributed by atoms with Gasteiger partial charge in [-0.1, -0.05) is 6.07 Å². The summed E-state index contributed by atoms with van der Waals surface area (Å²) in [6, 6.07) is 7.71. The Morgan fingerprint density at radius 3 is 3.06 bits per heavy atom. The second-order valence-electron chi connectivity index (χ2n) is 3.32. The van der Waals surface area contributed by atoms with Crippen molar-refractivity contribution < 1.29 is 4.79 Å². The third-order valence-electron chi connectivity index (χ3n) is 2.01. The van der Waals surface area contributed by atoms with Gasteiger partial charge in [0, 0.05) is 18.4 Å². The van der Waals surface area contributed by atoms with Crippen LogP contribution >= 0.6 is 23.1 Å². The Bertz CT molecular complexity index is 457. The van der Waals surface area contributed by atoms with Gasteiger partial charge in [-0.25, -0.2) is 0 Å². The SMILES string of the molecule is O=C(CCSc1cccs1)Nc1cccnc1. The van der Waals surface area contributed by atoms with E-state index in [9.17, 15) is 4.79 Å². The predicted octanol–water partition coefficient (Wildman–Crippen LogP) is 3.26. The summed E-state index contributed by atoms with van der Waals surface area (Å²) in [4.78, 5) is 15.5. The van der Waals surface area contributed by atoms with E-state index in [1.807, 2.05) is 17.5 Å². The van der Waals surface area contributed by atoms with Crippen molar-refractivity contribution in [3.63, 3.8) is 0 Å². The van der Waals surface area contributed by atoms with Crippen LogP contribution in [0.5, 0.6) is 0 Å². The molecule has 1 N–H and O–H groups in total. The minimum atomic E-state index is 0.0297. The topological polar surface area (TPSA) is 42.0 Å². The molecule has 0 bridgehead atoms. The monoisotopic (exact) mass is 264 g/mol. The summed E-state index contributed by atoms with van der Waals surface area (Å²) in [5, 5.41) is 4.85. The smallest absolute Gasteiger partial charge is 0.225 e. The van der Waals surface area contributed by atoms with Crippen molar-refractivity contribution >= 4 is 34.7 Å². The maximum absolute atomic E-state index is 11.6. The number of anilines is 1. The highest BCUT2D eigenvalue weighted by Crippen LogP contribution is 2.23. The molecule has 2 aromatic rings. The number of nitrogens with zero attached hydrogens (tertiary/aromatic N) is 1. The van der Waals surface area contributed by atoms with Gasteiger partial charge in [-0.2, -0.15) is 0 Å². The van der Waals surface area contributed by atoms with E-state index in [-0.39, 0.29) is 5.91 Å². The van der Waals surface area contributed by atoms with Crippen molar-refractivity contribution in [2.24, 2.45) is 0 Å². The molecule has 88 valence electrons. The molecule has 3 nitrogen and oxygen atoms in total. The minimum Gasteiger partial charge on any atom is -0.325 e. The molecule has 0 saturated carbocycles. The first-order chi connectivity index (χ1) is 8.34. The number of pyridine rings is 1. The molecule has 0 unspecified atom stereocenters. The molecule has 2 heterocycles. The largest absolute Gasteiger partial charge is 0.325 e. The quantitative estimate of drug-likeness (QED) is 0.843. The number of nitrogens with one attached hydrogen (secondary N) is 1. The van der Waals surface area contributed by atoms with Gasteiger partial charge in [0.05, 0.1) is 16.1 Å². The summed E-state index contributed by atoms with van der Waals surface area (Å²) < 4.78 is 1.25. The predicted molar refractivity (Wildman–Crippen MR) is 72.5 cm³/mol. The maximum atomic E-state index is 11.6. The Labute approximate surface area is 108 Å². The Morgan fingerprint density at radius 1 is 1.41 bits per heavy atom. The van der Waals surface area contributed by atoms with Crippen molar-refractivity contribution in [1.29, 1.82) is 0 Å². The zero-order valence-electron chi connectivity index (χ0n) is 9.13. The number of hydrogen-bond donors (Lipinski definition) is 1. The fourth-order valence-electron chi connectivity index (χ4n) is 1.25. The first-order valence-corrected chi connectivity index (χ1v) is 7.07. The summed E-state index contributed by atoms with van der Waals surface area (Å²) in [5.41, 5.74) is 0.749. The lowest BCUT2D eigenvalue weighted by Gasteiger charge is -2.03. The van der Waals surface area contributed by atoms with Gasteiger partial charge in [0.15, 0.2) is 0 Å². The number of aromatic nitrogens is 1. The second kappa shape index (κ2) is 6.42. The molecule has 0 spiro atoms. The molecular weight excluding hydrogens is 252 g/mol. The van der Waals surface area contributed by atoms with Crippen LogP contribution in [-0.4, -0.2) is 16.6 Å². The molecule has 0 aliphatic heterocycles. The summed E-state index contributed by atoms with van der Waals surface area (Å²) in [6.45, 7) is 0. The zero-order valence-corrected chi connectivity index (χ0v) is 10.8. The van der Waals surface area contributed by atoms with Crippen LogP contribution in [-0.2, 0) is 4.79 Å². The van der Waals surface area contributed by atoms with Gasteiger partial charge in [0.2, 0.25) is 5.91 Å². The molecule has 0 saturated heterocycles. The molecule has 17 heavy (non-hydrogen) atoms. The molecule has 0 aliphatic rings. The molecule has 1 amide bonds. The number of thiophene rings is 1. The molecule has 5 heteroatoms. The first kappa shape index (κ1) is 12.1. The van der Waals surface area contributed by atoms with Crippen LogP contribution in [0.3, 0.4) is 0 Å². The van der Waals surface area contributed by atoms with E-state index in [0.717, 1.165) is 11.4 Å². The van der Waals surface area contributed by atoms with Crippen LogP contribution in [0.15, 0.2) is 46.2 Å². The maximum Gasteiger partial charge on any atom is 0.225 e. The fourth-order valence-corrected chi connectivity index (χ4v) is 3.05. The van der Waals surface area contributed by atoms with E-state index in [1.54, 1.807) is 41.6 Å². The van der Waals surface area contributed by atoms with E-state index in [2.05, 4.69) is 16.4 Å². The molecule has 2 aromatic heterocycles. The van der Waals surface area contributed by atoms with E-state index in [0.29, 0.717) is 6.42 Å². The molecule has 0 aliphatic carbocycles. The second-order valence-corrected chi connectivity index (χ2v) is 5.66. The van der Waals surface area contributed by atoms with Crippen molar-refractivity contribution in [2.75, 3.05) is 11.1 Å². The lowest BCUT2D eigenvalue weighted by atomic mass is 10.4. The average molecular weight is 264 g/mol. The first-order valence-electron chi connectivity index (χ1n) is 5.21. The normalized spacial score (nSPS) is 10.1. The number of hydrogen-bond acceptors (Lipinski definition) is 4. The number of thioether (sulfide) groups is 1. The Morgan fingerprint density at radius 2 is 2.35 bits per heavy atom. The van der Waals surface area contributed by atoms with Crippen molar-refractivity contribution in [3.05, 3.63) is 42.0 Å². The molecular formula is C12H12N2OS2. The summed E-state index contributed by atoms with van der Waals surface area (Å²) >= 11 is 3.41. The van der Waals surface area contributed by atoms with Crippen LogP contribution in [0.25, 0.3) is 0 Å². The highest BCUT2D eigenvalue weighted by atomic mass is 32.2. The third kappa shape index (κ3) is 4.20. The summed E-state index contributed by atoms with van der Waals surface area (Å²) in [6.07, 6.45) is 3.84. The van der Waals surface area contributed by atoms with Gasteiger partial charge in [0.1, 0.15) is 0 Å². The fraction of sp³-hybridized carbons (Fsp3) is 0.167. The van der Waals surface area contributed by atoms with Gasteiger partial charge < -0.3 is 5.32 Å². The van der Waals surface area contributed by atoms with Crippen LogP contribution < -0.4 is 5.32 Å². The Hall–Kier alpha value is -1.33. The molecule has 0 atom stereocenters. The van der Waals surface area contributed by atoms with Crippen LogP contribution in [0, 0.1) is 0 Å². The van der Waals surface area contributed by atoms with Crippen molar-refractivity contribution in [3.8, 4) is 0 Å². The van der Waals surface area contributed by atoms with Gasteiger partial charge in [0.25, 0.3) is 0 Å². The zero-order chi connectivity index (χ0) is 11.9. The molecule has 0 fully saturated rings. The van der Waals surface area contributed by atoms with Crippen molar-refractivity contribution in [2.45, 2.75) is 10.6 Å². The van der Waals surface area contributed by atoms with Gasteiger partial charge in [-0.05, 0) is 23.6 Å². The summed E-state index contributed by atoms with van der Waals surface area (Å²) in [7, 11) is 0. The van der Waals surface area contributed by atoms with E-state index >= 15 is 0 Å². The number of amides is 1. The van der Waals surface area contributed by atoms with E-state index in [1.165, 1.54) is 4.21 Å². The highest BCUT2D eigenvalue weighted by Gasteiger charge is 2.03. The van der Waals surface area contributed by atoms with Crippen LogP contribution in [0.1, 0.15) is 6.42 Å². The lowest BCUT2D eigenvalue weighted by Crippen LogP contribution is -2.12. The highest BCUT2D eigenvalue weighted by molar-refractivity contribution is 8.01. The minimum absolute atomic E-state index is 0.0297. The standard InChI is InChI=1S/C12H12N2OS2/c15-11(14-10-3-1-6-13-9-10)5-8-17-12-4-2-7-16-12/h1-4,6-7,9H,5,8H2,(H,14,15). The van der Waals surface area contributed by atoms with Crippen LogP contribution in [0.4, 0.5) is 5.69 Å². The van der Waals surface area contributed by atoms with Gasteiger partial charge in [-0.3, -0.25) is 9.78 Å². The molecule has 2 rings (SSSR count). The van der Waals surface area contributed by atoms with Gasteiger partial charge >= 0.3 is 0 Å². The van der Waals surface area contributed by atoms with E-state index < -0.39 is 0 Å². The third-order valence-corrected chi connectivity index (χ3v) is 4.15. The number of carbonyl (C=O) groups excluding carboxylic acids is 1. The van der Waals surface area contributed by atoms with Gasteiger partial charge in [-0.15, -0.1) is 23.1 Å². The lowest BCUT2D eigenvalue weighted by molar-refractivity contribution is -0.115.